The molecule has 0 aromatic carbocycles. The molecule has 2 aliphatic heterocycles. The van der Waals surface area contributed by atoms with E-state index in [-0.39, 0.29) is 55.9 Å². The molecule has 2 N–H and O–H groups in total. The van der Waals surface area contributed by atoms with Crippen LogP contribution in [0, 0.1) is 5.92 Å². The molecular formula is C16H28N4O6S. The lowest BCUT2D eigenvalue weighted by molar-refractivity contribution is -0.155. The molecule has 0 aromatic rings. The van der Waals surface area contributed by atoms with Gasteiger partial charge in [0, 0.05) is 38.7 Å². The van der Waals surface area contributed by atoms with E-state index in [1.54, 1.807) is 18.7 Å². The summed E-state index contributed by atoms with van der Waals surface area (Å²) >= 11 is 0. The molecule has 10 nitrogen and oxygen atoms in total. The van der Waals surface area contributed by atoms with E-state index in [9.17, 15) is 22.8 Å². The molecule has 2 fully saturated rings. The number of hydrogen-bond acceptors (Lipinski definition) is 6. The van der Waals surface area contributed by atoms with Gasteiger partial charge in [-0.2, -0.15) is 0 Å². The summed E-state index contributed by atoms with van der Waals surface area (Å²) in [5.74, 6) is -1.08. The first-order valence-corrected chi connectivity index (χ1v) is 10.8. The molecule has 27 heavy (non-hydrogen) atoms. The van der Waals surface area contributed by atoms with Crippen LogP contribution in [0.4, 0.5) is 0 Å². The second-order valence-electron chi connectivity index (χ2n) is 7.36. The quantitative estimate of drug-likeness (QED) is 0.512. The van der Waals surface area contributed by atoms with Crippen molar-refractivity contribution in [3.05, 3.63) is 0 Å². The fraction of sp³-hybridized carbons (Fsp3) is 0.812. The molecule has 0 aromatic heterocycles. The largest absolute Gasteiger partial charge is 0.375 e. The van der Waals surface area contributed by atoms with E-state index in [0.29, 0.717) is 6.42 Å². The highest BCUT2D eigenvalue weighted by Crippen LogP contribution is 2.26. The summed E-state index contributed by atoms with van der Waals surface area (Å²) in [5.41, 5.74) is 0. The maximum absolute atomic E-state index is 13.0. The first kappa shape index (κ1) is 21.6. The van der Waals surface area contributed by atoms with E-state index >= 15 is 0 Å². The van der Waals surface area contributed by atoms with Gasteiger partial charge in [0.1, 0.15) is 12.6 Å². The van der Waals surface area contributed by atoms with Crippen molar-refractivity contribution in [3.63, 3.8) is 0 Å². The van der Waals surface area contributed by atoms with Crippen LogP contribution in [0.3, 0.4) is 0 Å². The van der Waals surface area contributed by atoms with Crippen LogP contribution in [-0.2, 0) is 29.1 Å². The third-order valence-electron chi connectivity index (χ3n) is 4.73. The Kier molecular flexibility index (Phi) is 6.82. The van der Waals surface area contributed by atoms with Crippen molar-refractivity contribution < 1.29 is 27.5 Å². The predicted octanol–water partition coefficient (Wildman–Crippen LogP) is -1.87. The van der Waals surface area contributed by atoms with Crippen LogP contribution >= 0.6 is 0 Å². The molecule has 3 amide bonds. The Morgan fingerprint density at radius 1 is 1.30 bits per heavy atom. The Bertz CT molecular complexity index is 695. The summed E-state index contributed by atoms with van der Waals surface area (Å²) in [7, 11) is -2.00. The summed E-state index contributed by atoms with van der Waals surface area (Å²) in [6.45, 7) is 3.85. The number of nitrogens with one attached hydrogen (secondary N) is 2. The van der Waals surface area contributed by atoms with Gasteiger partial charge in [-0.3, -0.25) is 14.4 Å². The second-order valence-corrected chi connectivity index (χ2v) is 9.14. The molecule has 0 unspecified atom stereocenters. The van der Waals surface area contributed by atoms with Gasteiger partial charge in [0.05, 0.1) is 12.3 Å². The molecule has 2 rings (SSSR count). The lowest BCUT2D eigenvalue weighted by atomic mass is 10.0. The van der Waals surface area contributed by atoms with E-state index in [1.165, 1.54) is 12.0 Å². The van der Waals surface area contributed by atoms with Gasteiger partial charge >= 0.3 is 0 Å². The number of hydrogen-bond donors (Lipinski definition) is 2. The van der Waals surface area contributed by atoms with Crippen LogP contribution in [-0.4, -0.2) is 93.7 Å². The maximum Gasteiger partial charge on any atom is 0.249 e. The highest BCUT2D eigenvalue weighted by atomic mass is 32.2. The van der Waals surface area contributed by atoms with E-state index in [2.05, 4.69) is 10.0 Å². The number of fused-ring (bicyclic) bond motifs is 1. The number of carbonyl (C=O) groups is 3. The summed E-state index contributed by atoms with van der Waals surface area (Å²) in [4.78, 5) is 40.3. The van der Waals surface area contributed by atoms with E-state index in [1.807, 2.05) is 0 Å². The minimum absolute atomic E-state index is 0.0126. The van der Waals surface area contributed by atoms with Gasteiger partial charge < -0.3 is 19.9 Å². The van der Waals surface area contributed by atoms with Gasteiger partial charge in [-0.1, -0.05) is 13.8 Å². The van der Waals surface area contributed by atoms with E-state index in [4.69, 9.17) is 4.74 Å². The minimum Gasteiger partial charge on any atom is -0.375 e. The Morgan fingerprint density at radius 3 is 2.52 bits per heavy atom. The molecule has 11 heteroatoms. The fourth-order valence-corrected chi connectivity index (χ4v) is 4.28. The van der Waals surface area contributed by atoms with Crippen LogP contribution in [0.1, 0.15) is 20.3 Å². The number of methoxy groups -OCH3 is 1. The molecule has 3 atom stereocenters. The maximum atomic E-state index is 13.0. The van der Waals surface area contributed by atoms with Crippen molar-refractivity contribution in [2.45, 2.75) is 38.4 Å². The van der Waals surface area contributed by atoms with Crippen LogP contribution in [0.15, 0.2) is 0 Å². The van der Waals surface area contributed by atoms with Gasteiger partial charge in [-0.15, -0.1) is 0 Å². The first-order valence-electron chi connectivity index (χ1n) is 8.87. The van der Waals surface area contributed by atoms with Crippen LogP contribution < -0.4 is 10.0 Å². The Balaban J connectivity index is 2.16. The molecule has 0 saturated carbocycles. The van der Waals surface area contributed by atoms with Crippen molar-refractivity contribution in [3.8, 4) is 0 Å². The molecule has 0 aliphatic carbocycles. The minimum atomic E-state index is -3.40. The number of piperazine rings is 1. The summed E-state index contributed by atoms with van der Waals surface area (Å²) < 4.78 is 30.4. The van der Waals surface area contributed by atoms with Gasteiger partial charge in [0.15, 0.2) is 0 Å². The zero-order chi connectivity index (χ0) is 20.4. The Labute approximate surface area is 159 Å². The number of rotatable bonds is 7. The average Bonchev–Trinajstić information content (AvgIpc) is 2.94. The summed E-state index contributed by atoms with van der Waals surface area (Å²) in [6, 6.07) is -1.49. The molecule has 0 radical (unpaired) electrons. The zero-order valence-electron chi connectivity index (χ0n) is 16.1. The molecule has 0 spiro atoms. The van der Waals surface area contributed by atoms with Gasteiger partial charge in [-0.05, 0) is 6.42 Å². The zero-order valence-corrected chi connectivity index (χ0v) is 16.9. The number of nitrogens with zero attached hydrogens (tertiary/aromatic N) is 2. The van der Waals surface area contributed by atoms with Crippen molar-refractivity contribution in [2.75, 3.05) is 39.6 Å². The summed E-state index contributed by atoms with van der Waals surface area (Å²) in [5, 5.41) is 2.71. The van der Waals surface area contributed by atoms with Crippen LogP contribution in [0.5, 0.6) is 0 Å². The Hall–Kier alpha value is -1.72. The van der Waals surface area contributed by atoms with Gasteiger partial charge in [0.2, 0.25) is 27.7 Å². The van der Waals surface area contributed by atoms with Crippen molar-refractivity contribution in [1.82, 2.24) is 19.8 Å². The third kappa shape index (κ3) is 5.39. The van der Waals surface area contributed by atoms with Crippen LogP contribution in [0.2, 0.25) is 0 Å². The fourth-order valence-electron chi connectivity index (χ4n) is 3.51. The normalized spacial score (nSPS) is 25.7. The lowest BCUT2D eigenvalue weighted by Crippen LogP contribution is -2.64. The molecule has 154 valence electrons. The van der Waals surface area contributed by atoms with Crippen molar-refractivity contribution in [1.29, 1.82) is 0 Å². The average molecular weight is 404 g/mol. The molecular weight excluding hydrogens is 376 g/mol. The molecule has 2 heterocycles. The standard InChI is InChI=1S/C16H28N4O6S/c1-10(2)15(22)17-6-13-16(23)19-7-11(18-27(4,24)25)5-12(19)8-20(13)14(21)9-26-3/h10-13,18H,5-9H2,1-4H3,(H,17,22)/t11-,12-,13-/m0/s1. The molecule has 2 aliphatic rings. The smallest absolute Gasteiger partial charge is 0.249 e. The highest BCUT2D eigenvalue weighted by molar-refractivity contribution is 7.88. The number of amides is 3. The van der Waals surface area contributed by atoms with Crippen molar-refractivity contribution in [2.24, 2.45) is 5.92 Å². The summed E-state index contributed by atoms with van der Waals surface area (Å²) in [6.07, 6.45) is 1.51. The SMILES string of the molecule is COCC(=O)N1C[C@@H]2C[C@H](NS(C)(=O)=O)CN2C(=O)[C@@H]1CNC(=O)C(C)C. The van der Waals surface area contributed by atoms with E-state index < -0.39 is 22.1 Å². The number of ether oxygens (including phenoxy) is 1. The van der Waals surface area contributed by atoms with Crippen molar-refractivity contribution >= 4 is 27.7 Å². The second kappa shape index (κ2) is 8.53. The first-order chi connectivity index (χ1) is 12.5. The van der Waals surface area contributed by atoms with E-state index in [0.717, 1.165) is 6.26 Å². The molecule has 0 bridgehead atoms. The van der Waals surface area contributed by atoms with Gasteiger partial charge in [-0.25, -0.2) is 13.1 Å². The highest BCUT2D eigenvalue weighted by Gasteiger charge is 2.47. The van der Waals surface area contributed by atoms with Gasteiger partial charge in [0.25, 0.3) is 0 Å². The van der Waals surface area contributed by atoms with Crippen LogP contribution in [0.25, 0.3) is 0 Å². The number of carbonyl (C=O) groups excluding carboxylic acids is 3. The third-order valence-corrected chi connectivity index (χ3v) is 5.49. The topological polar surface area (TPSA) is 125 Å². The lowest BCUT2D eigenvalue weighted by Gasteiger charge is -2.42. The molecule has 2 saturated heterocycles. The Morgan fingerprint density at radius 2 is 1.96 bits per heavy atom. The monoisotopic (exact) mass is 404 g/mol. The number of sulfonamides is 1. The predicted molar refractivity (Wildman–Crippen MR) is 97.1 cm³/mol.